The Kier molecular flexibility index (Phi) is 3.40. The van der Waals surface area contributed by atoms with Gasteiger partial charge in [0.2, 0.25) is 0 Å². The Morgan fingerprint density at radius 3 is 2.89 bits per heavy atom. The van der Waals surface area contributed by atoms with Gasteiger partial charge in [0, 0.05) is 31.9 Å². The van der Waals surface area contributed by atoms with Crippen LogP contribution in [0.3, 0.4) is 0 Å². The van der Waals surface area contributed by atoms with Crippen molar-refractivity contribution >= 4 is 34.3 Å². The summed E-state index contributed by atoms with van der Waals surface area (Å²) in [6.07, 6.45) is 2.01. The molecule has 0 bridgehead atoms. The minimum atomic E-state index is 0.743. The second-order valence-corrected chi connectivity index (χ2v) is 5.68. The molecule has 3 rings (SSSR count). The van der Waals surface area contributed by atoms with Gasteiger partial charge in [-0.15, -0.1) is 0 Å². The summed E-state index contributed by atoms with van der Waals surface area (Å²) in [6, 6.07) is 13.9. The van der Waals surface area contributed by atoms with Gasteiger partial charge in [-0.2, -0.15) is 0 Å². The molecule has 2 nitrogen and oxygen atoms in total. The van der Waals surface area contributed by atoms with E-state index >= 15 is 0 Å². The van der Waals surface area contributed by atoms with E-state index in [0.29, 0.717) is 0 Å². The van der Waals surface area contributed by atoms with Crippen LogP contribution < -0.4 is 4.74 Å². The van der Waals surface area contributed by atoms with Crippen molar-refractivity contribution in [1.29, 1.82) is 0 Å². The second-order valence-electron chi connectivity index (χ2n) is 4.12. The first kappa shape index (κ1) is 12.5. The number of hydrogen-bond acceptors (Lipinski definition) is 2. The van der Waals surface area contributed by atoms with E-state index in [-0.39, 0.29) is 0 Å². The highest BCUT2D eigenvalue weighted by Gasteiger charge is 2.06. The summed E-state index contributed by atoms with van der Waals surface area (Å²) in [6.45, 7) is 0. The van der Waals surface area contributed by atoms with E-state index in [9.17, 15) is 0 Å². The van der Waals surface area contributed by atoms with Crippen LogP contribution in [0.1, 0.15) is 0 Å². The minimum Gasteiger partial charge on any atom is -0.497 e. The largest absolute Gasteiger partial charge is 0.497 e. The zero-order chi connectivity index (χ0) is 13.2. The third-order valence-corrected chi connectivity index (χ3v) is 4.16. The van der Waals surface area contributed by atoms with Gasteiger partial charge in [0.15, 0.2) is 0 Å². The van der Waals surface area contributed by atoms with Gasteiger partial charge in [0.05, 0.1) is 7.11 Å². The van der Waals surface area contributed by atoms with Crippen LogP contribution in [0.15, 0.2) is 58.5 Å². The number of halogens is 1. The Labute approximate surface area is 120 Å². The molecule has 0 radical (unpaired) electrons. The second kappa shape index (κ2) is 5.19. The highest BCUT2D eigenvalue weighted by molar-refractivity contribution is 7.99. The van der Waals surface area contributed by atoms with E-state index in [1.807, 2.05) is 42.6 Å². The first-order valence-electron chi connectivity index (χ1n) is 5.85. The molecule has 0 saturated heterocycles. The number of rotatable bonds is 3. The van der Waals surface area contributed by atoms with Crippen LogP contribution >= 0.6 is 23.4 Å². The number of aromatic nitrogens is 1. The molecule has 0 aliphatic carbocycles. The quantitative estimate of drug-likeness (QED) is 0.735. The van der Waals surface area contributed by atoms with E-state index in [2.05, 4.69) is 11.1 Å². The zero-order valence-electron chi connectivity index (χ0n) is 10.3. The Morgan fingerprint density at radius 2 is 2.05 bits per heavy atom. The molecular weight excluding hydrogens is 278 g/mol. The van der Waals surface area contributed by atoms with Gasteiger partial charge in [0.25, 0.3) is 0 Å². The molecule has 0 spiro atoms. The summed E-state index contributed by atoms with van der Waals surface area (Å²) < 4.78 is 5.24. The minimum absolute atomic E-state index is 0.743. The van der Waals surface area contributed by atoms with Crippen LogP contribution in [0.25, 0.3) is 10.9 Å². The van der Waals surface area contributed by atoms with E-state index in [1.54, 1.807) is 18.9 Å². The van der Waals surface area contributed by atoms with Crippen molar-refractivity contribution < 1.29 is 4.74 Å². The van der Waals surface area contributed by atoms with Crippen molar-refractivity contribution in [2.45, 2.75) is 9.79 Å². The molecule has 96 valence electrons. The molecule has 0 unspecified atom stereocenters. The molecule has 0 aliphatic rings. The molecule has 0 amide bonds. The molecule has 1 N–H and O–H groups in total. The van der Waals surface area contributed by atoms with Gasteiger partial charge in [0.1, 0.15) is 5.75 Å². The summed E-state index contributed by atoms with van der Waals surface area (Å²) >= 11 is 7.69. The Balaban J connectivity index is 1.96. The fourth-order valence-electron chi connectivity index (χ4n) is 1.95. The number of aromatic amines is 1. The Morgan fingerprint density at radius 1 is 1.16 bits per heavy atom. The monoisotopic (exact) mass is 289 g/mol. The van der Waals surface area contributed by atoms with Crippen LogP contribution in [0.2, 0.25) is 5.02 Å². The topological polar surface area (TPSA) is 25.0 Å². The number of methoxy groups -OCH3 is 1. The average Bonchev–Trinajstić information content (AvgIpc) is 2.81. The molecule has 3 aromatic rings. The lowest BCUT2D eigenvalue weighted by Gasteiger charge is -2.03. The highest BCUT2D eigenvalue weighted by Crippen LogP contribution is 2.35. The molecule has 2 aromatic carbocycles. The lowest BCUT2D eigenvalue weighted by molar-refractivity contribution is 0.413. The average molecular weight is 290 g/mol. The maximum absolute atomic E-state index is 5.98. The fraction of sp³-hybridized carbons (Fsp3) is 0.0667. The first-order chi connectivity index (χ1) is 9.26. The molecule has 4 heteroatoms. The normalized spacial score (nSPS) is 10.8. The van der Waals surface area contributed by atoms with Crippen LogP contribution in [0, 0.1) is 0 Å². The third-order valence-electron chi connectivity index (χ3n) is 2.87. The lowest BCUT2D eigenvalue weighted by atomic mass is 10.2. The van der Waals surface area contributed by atoms with Gasteiger partial charge >= 0.3 is 0 Å². The number of H-pyrrole nitrogens is 1. The molecular formula is C15H12ClNOS. The third kappa shape index (κ3) is 2.57. The fourth-order valence-corrected chi connectivity index (χ4v) is 3.10. The maximum atomic E-state index is 5.98. The van der Waals surface area contributed by atoms with Crippen LogP contribution in [-0.2, 0) is 0 Å². The van der Waals surface area contributed by atoms with Crippen molar-refractivity contribution in [2.75, 3.05) is 7.11 Å². The highest BCUT2D eigenvalue weighted by atomic mass is 35.5. The summed E-state index contributed by atoms with van der Waals surface area (Å²) in [7, 11) is 1.68. The van der Waals surface area contributed by atoms with Crippen LogP contribution in [-0.4, -0.2) is 12.1 Å². The van der Waals surface area contributed by atoms with Crippen molar-refractivity contribution in [3.05, 3.63) is 53.7 Å². The summed E-state index contributed by atoms with van der Waals surface area (Å²) in [4.78, 5) is 5.57. The Hall–Kier alpha value is -1.58. The van der Waals surface area contributed by atoms with Crippen molar-refractivity contribution in [1.82, 2.24) is 4.98 Å². The number of hydrogen-bond donors (Lipinski definition) is 1. The van der Waals surface area contributed by atoms with Crippen molar-refractivity contribution in [3.8, 4) is 5.75 Å². The molecule has 1 aromatic heterocycles. The number of nitrogens with one attached hydrogen (secondary N) is 1. The predicted octanol–water partition coefficient (Wildman–Crippen LogP) is 4.98. The smallest absolute Gasteiger partial charge is 0.119 e. The van der Waals surface area contributed by atoms with Gasteiger partial charge in [-0.25, -0.2) is 0 Å². The SMILES string of the molecule is COc1cccc(Sc2c[nH]c3cc(Cl)ccc23)c1. The molecule has 0 aliphatic heterocycles. The number of benzene rings is 2. The van der Waals surface area contributed by atoms with E-state index < -0.39 is 0 Å². The molecule has 0 fully saturated rings. The molecule has 0 saturated carbocycles. The summed E-state index contributed by atoms with van der Waals surface area (Å²) in [5, 5.41) is 1.92. The van der Waals surface area contributed by atoms with E-state index in [0.717, 1.165) is 21.2 Å². The predicted molar refractivity (Wildman–Crippen MR) is 80.4 cm³/mol. The van der Waals surface area contributed by atoms with Gasteiger partial charge in [-0.3, -0.25) is 0 Å². The van der Waals surface area contributed by atoms with Crippen molar-refractivity contribution in [3.63, 3.8) is 0 Å². The van der Waals surface area contributed by atoms with E-state index in [1.165, 1.54) is 10.3 Å². The number of ether oxygens (including phenoxy) is 1. The van der Waals surface area contributed by atoms with Crippen LogP contribution in [0.4, 0.5) is 0 Å². The van der Waals surface area contributed by atoms with E-state index in [4.69, 9.17) is 16.3 Å². The summed E-state index contributed by atoms with van der Waals surface area (Å²) in [5.74, 6) is 0.868. The molecule has 19 heavy (non-hydrogen) atoms. The summed E-state index contributed by atoms with van der Waals surface area (Å²) in [5.41, 5.74) is 1.05. The maximum Gasteiger partial charge on any atom is 0.119 e. The van der Waals surface area contributed by atoms with Crippen LogP contribution in [0.5, 0.6) is 5.75 Å². The Bertz CT molecular complexity index is 723. The standard InChI is InChI=1S/C15H12ClNOS/c1-18-11-3-2-4-12(8-11)19-15-9-17-14-7-10(16)5-6-13(14)15/h2-9,17H,1H3. The lowest BCUT2D eigenvalue weighted by Crippen LogP contribution is -1.81. The van der Waals surface area contributed by atoms with Gasteiger partial charge in [-0.05, 0) is 30.3 Å². The zero-order valence-corrected chi connectivity index (χ0v) is 11.9. The number of fused-ring (bicyclic) bond motifs is 1. The van der Waals surface area contributed by atoms with Crippen molar-refractivity contribution in [2.24, 2.45) is 0 Å². The molecule has 1 heterocycles. The van der Waals surface area contributed by atoms with Gasteiger partial charge in [-0.1, -0.05) is 35.5 Å². The van der Waals surface area contributed by atoms with Gasteiger partial charge < -0.3 is 9.72 Å². The molecule has 0 atom stereocenters. The first-order valence-corrected chi connectivity index (χ1v) is 7.04.